The summed E-state index contributed by atoms with van der Waals surface area (Å²) in [7, 11) is 3.15. The zero-order valence-electron chi connectivity index (χ0n) is 18.3. The van der Waals surface area contributed by atoms with Crippen LogP contribution >= 0.6 is 0 Å². The summed E-state index contributed by atoms with van der Waals surface area (Å²) in [6.07, 6.45) is 5.06. The molecule has 2 N–H and O–H groups in total. The fourth-order valence-electron chi connectivity index (χ4n) is 3.70. The number of piperazine rings is 1. The molecule has 1 saturated heterocycles. The number of hydrogen-bond donors (Lipinski definition) is 1. The maximum absolute atomic E-state index is 12.8. The van der Waals surface area contributed by atoms with Gasteiger partial charge in [-0.1, -0.05) is 0 Å². The first-order valence-electron chi connectivity index (χ1n) is 10.6. The van der Waals surface area contributed by atoms with Gasteiger partial charge in [0.25, 0.3) is 5.91 Å². The number of carbonyl (C=O) groups is 2. The Morgan fingerprint density at radius 3 is 2.38 bits per heavy atom. The third-order valence-corrected chi connectivity index (χ3v) is 5.69. The van der Waals surface area contributed by atoms with Crippen LogP contribution in [0, 0.1) is 5.92 Å². The summed E-state index contributed by atoms with van der Waals surface area (Å²) >= 11 is 0. The summed E-state index contributed by atoms with van der Waals surface area (Å²) in [5, 5.41) is 0. The van der Waals surface area contributed by atoms with Gasteiger partial charge in [-0.15, -0.1) is 0 Å². The highest BCUT2D eigenvalue weighted by molar-refractivity contribution is 5.96. The molecule has 2 heterocycles. The van der Waals surface area contributed by atoms with Gasteiger partial charge in [0.15, 0.2) is 17.3 Å². The van der Waals surface area contributed by atoms with Crippen LogP contribution in [0.1, 0.15) is 18.7 Å². The lowest BCUT2D eigenvalue weighted by molar-refractivity contribution is -0.138. The van der Waals surface area contributed by atoms with E-state index < -0.39 is 0 Å². The summed E-state index contributed by atoms with van der Waals surface area (Å²) < 4.78 is 10.6. The zero-order chi connectivity index (χ0) is 22.7. The van der Waals surface area contributed by atoms with E-state index >= 15 is 0 Å². The molecule has 0 unspecified atom stereocenters. The van der Waals surface area contributed by atoms with E-state index in [9.17, 15) is 9.59 Å². The van der Waals surface area contributed by atoms with Gasteiger partial charge in [0.05, 0.1) is 19.9 Å². The molecule has 9 nitrogen and oxygen atoms in total. The van der Waals surface area contributed by atoms with Gasteiger partial charge in [0.1, 0.15) is 5.70 Å². The van der Waals surface area contributed by atoms with E-state index in [2.05, 4.69) is 9.97 Å². The van der Waals surface area contributed by atoms with Crippen molar-refractivity contribution < 1.29 is 19.1 Å². The van der Waals surface area contributed by atoms with Crippen molar-refractivity contribution in [3.63, 3.8) is 0 Å². The van der Waals surface area contributed by atoms with Crippen LogP contribution in [0.4, 0.5) is 0 Å². The molecular formula is C23H27N5O4. The summed E-state index contributed by atoms with van der Waals surface area (Å²) in [4.78, 5) is 37.2. The van der Waals surface area contributed by atoms with E-state index in [-0.39, 0.29) is 23.4 Å². The molecular weight excluding hydrogens is 410 g/mol. The van der Waals surface area contributed by atoms with E-state index in [4.69, 9.17) is 15.2 Å². The maximum atomic E-state index is 12.8. The Hall–Kier alpha value is -3.62. The fraction of sp³-hybridized carbons (Fsp3) is 0.391. The molecule has 2 aromatic rings. The molecule has 0 atom stereocenters. The molecule has 32 heavy (non-hydrogen) atoms. The van der Waals surface area contributed by atoms with Crippen molar-refractivity contribution in [1.82, 2.24) is 19.8 Å². The van der Waals surface area contributed by atoms with E-state index in [1.165, 1.54) is 6.08 Å². The summed E-state index contributed by atoms with van der Waals surface area (Å²) in [6.45, 7) is 2.02. The van der Waals surface area contributed by atoms with E-state index in [1.54, 1.807) is 37.4 Å². The van der Waals surface area contributed by atoms with Crippen LogP contribution in [-0.4, -0.2) is 72.0 Å². The molecule has 9 heteroatoms. The monoisotopic (exact) mass is 437 g/mol. The van der Waals surface area contributed by atoms with E-state index in [0.717, 1.165) is 18.4 Å². The molecule has 1 aliphatic carbocycles. The second-order valence-electron chi connectivity index (χ2n) is 7.86. The normalized spacial score (nSPS) is 16.6. The van der Waals surface area contributed by atoms with Crippen molar-refractivity contribution in [3.8, 4) is 22.8 Å². The number of aromatic nitrogens is 2. The molecule has 4 rings (SSSR count). The summed E-state index contributed by atoms with van der Waals surface area (Å²) in [5.74, 6) is 1.68. The predicted octanol–water partition coefficient (Wildman–Crippen LogP) is 1.54. The van der Waals surface area contributed by atoms with E-state index in [1.807, 2.05) is 17.0 Å². The van der Waals surface area contributed by atoms with Gasteiger partial charge < -0.3 is 25.0 Å². The zero-order valence-corrected chi connectivity index (χ0v) is 18.3. The highest BCUT2D eigenvalue weighted by Gasteiger charge is 2.35. The number of amides is 2. The molecule has 1 aromatic heterocycles. The smallest absolute Gasteiger partial charge is 0.269 e. The molecule has 1 saturated carbocycles. The SMILES string of the molecule is COc1ccc(-c2ccnc(/C=C(\N)C(=O)N3CCN(C(=O)C4CC4)CC3)n2)cc1OC. The number of methoxy groups -OCH3 is 2. The van der Waals surface area contributed by atoms with Crippen LogP contribution in [0.2, 0.25) is 0 Å². The number of rotatable bonds is 6. The van der Waals surface area contributed by atoms with Gasteiger partial charge >= 0.3 is 0 Å². The third-order valence-electron chi connectivity index (χ3n) is 5.69. The van der Waals surface area contributed by atoms with Crippen molar-refractivity contribution >= 4 is 17.9 Å². The van der Waals surface area contributed by atoms with Crippen molar-refractivity contribution in [2.24, 2.45) is 11.7 Å². The molecule has 2 aliphatic rings. The van der Waals surface area contributed by atoms with Crippen molar-refractivity contribution in [1.29, 1.82) is 0 Å². The second-order valence-corrected chi connectivity index (χ2v) is 7.86. The molecule has 0 radical (unpaired) electrons. The van der Waals surface area contributed by atoms with Gasteiger partial charge in [-0.3, -0.25) is 9.59 Å². The number of benzene rings is 1. The van der Waals surface area contributed by atoms with Crippen LogP contribution in [0.5, 0.6) is 11.5 Å². The average molecular weight is 438 g/mol. The van der Waals surface area contributed by atoms with Crippen molar-refractivity contribution in [3.05, 3.63) is 42.0 Å². The van der Waals surface area contributed by atoms with Crippen molar-refractivity contribution in [2.45, 2.75) is 12.8 Å². The topological polar surface area (TPSA) is 111 Å². The minimum atomic E-state index is -0.274. The first-order valence-corrected chi connectivity index (χ1v) is 10.6. The predicted molar refractivity (Wildman–Crippen MR) is 119 cm³/mol. The molecule has 0 spiro atoms. The lowest BCUT2D eigenvalue weighted by Gasteiger charge is -2.34. The Labute approximate surface area is 186 Å². The van der Waals surface area contributed by atoms with Gasteiger partial charge in [-0.05, 0) is 37.1 Å². The van der Waals surface area contributed by atoms with Gasteiger partial charge in [0.2, 0.25) is 5.91 Å². The van der Waals surface area contributed by atoms with Gasteiger partial charge in [0, 0.05) is 49.9 Å². The Balaban J connectivity index is 1.44. The number of hydrogen-bond acceptors (Lipinski definition) is 7. The Morgan fingerprint density at radius 2 is 1.72 bits per heavy atom. The Bertz CT molecular complexity index is 1040. The first-order chi connectivity index (χ1) is 15.5. The number of carbonyl (C=O) groups excluding carboxylic acids is 2. The van der Waals surface area contributed by atoms with Crippen LogP contribution in [0.15, 0.2) is 36.2 Å². The highest BCUT2D eigenvalue weighted by atomic mass is 16.5. The van der Waals surface area contributed by atoms with Crippen LogP contribution in [0.3, 0.4) is 0 Å². The molecule has 2 amide bonds. The fourth-order valence-corrected chi connectivity index (χ4v) is 3.70. The number of nitrogens with two attached hydrogens (primary N) is 1. The van der Waals surface area contributed by atoms with Gasteiger partial charge in [-0.2, -0.15) is 0 Å². The molecule has 1 aliphatic heterocycles. The Kier molecular flexibility index (Phi) is 6.25. The van der Waals surface area contributed by atoms with Crippen LogP contribution < -0.4 is 15.2 Å². The second kappa shape index (κ2) is 9.25. The molecule has 2 fully saturated rings. The van der Waals surface area contributed by atoms with Crippen LogP contribution in [0.25, 0.3) is 17.3 Å². The number of ether oxygens (including phenoxy) is 2. The number of nitrogens with zero attached hydrogens (tertiary/aromatic N) is 4. The lowest BCUT2D eigenvalue weighted by atomic mass is 10.1. The van der Waals surface area contributed by atoms with E-state index in [0.29, 0.717) is 49.2 Å². The Morgan fingerprint density at radius 1 is 1.03 bits per heavy atom. The third kappa shape index (κ3) is 4.66. The molecule has 1 aromatic carbocycles. The summed E-state index contributed by atoms with van der Waals surface area (Å²) in [5.41, 5.74) is 7.63. The minimum Gasteiger partial charge on any atom is -0.493 e. The maximum Gasteiger partial charge on any atom is 0.269 e. The van der Waals surface area contributed by atoms with Crippen LogP contribution in [-0.2, 0) is 9.59 Å². The van der Waals surface area contributed by atoms with Gasteiger partial charge in [-0.25, -0.2) is 9.97 Å². The first kappa shape index (κ1) is 21.6. The van der Waals surface area contributed by atoms with Crippen molar-refractivity contribution in [2.75, 3.05) is 40.4 Å². The highest BCUT2D eigenvalue weighted by Crippen LogP contribution is 2.32. The molecule has 168 valence electrons. The molecule has 0 bridgehead atoms. The average Bonchev–Trinajstić information content (AvgIpc) is 3.68. The summed E-state index contributed by atoms with van der Waals surface area (Å²) in [6, 6.07) is 7.27. The largest absolute Gasteiger partial charge is 0.493 e. The quantitative estimate of drug-likeness (QED) is 0.683. The lowest BCUT2D eigenvalue weighted by Crippen LogP contribution is -2.51. The minimum absolute atomic E-state index is 0.0661. The standard InChI is InChI=1S/C23H27N5O4/c1-31-19-6-5-16(13-20(19)32-2)18-7-8-25-21(26-18)14-17(24)23(30)28-11-9-27(10-12-28)22(29)15-3-4-15/h5-8,13-15H,3-4,9-12,24H2,1-2H3/b17-14-.